The Balaban J connectivity index is 3.59. The normalized spacial score (nSPS) is 26.1. The monoisotopic (exact) mass is 492 g/mol. The maximum Gasteiger partial charge on any atom is 0.0915 e. The van der Waals surface area contributed by atoms with E-state index in [2.05, 4.69) is 105 Å². The summed E-state index contributed by atoms with van der Waals surface area (Å²) in [5.41, 5.74) is 3.38. The van der Waals surface area contributed by atoms with Gasteiger partial charge in [-0.05, 0) is 27.4 Å². The molecule has 100 valence electrons. The van der Waals surface area contributed by atoms with E-state index in [-0.39, 0.29) is 23.7 Å². The molecule has 0 saturated heterocycles. The highest BCUT2D eigenvalue weighted by Gasteiger charge is 2.59. The molecule has 0 heterocycles. The van der Waals surface area contributed by atoms with Gasteiger partial charge in [0.05, 0.1) is 7.47 Å². The molecule has 17 heavy (non-hydrogen) atoms. The number of allylic oxidation sites excluding steroid dienone is 2. The smallest absolute Gasteiger partial charge is 0.0715 e. The van der Waals surface area contributed by atoms with Gasteiger partial charge in [-0.2, -0.15) is 0 Å². The summed E-state index contributed by atoms with van der Waals surface area (Å²) in [6.07, 6.45) is 0. The van der Waals surface area contributed by atoms with E-state index in [1.807, 2.05) is 0 Å². The first-order chi connectivity index (χ1) is 7.39. The molecule has 0 N–H and O–H groups in total. The van der Waals surface area contributed by atoms with Crippen LogP contribution in [0.25, 0.3) is 0 Å². The summed E-state index contributed by atoms with van der Waals surface area (Å²) in [7, 11) is 0. The second kappa shape index (κ2) is 4.89. The van der Waals surface area contributed by atoms with E-state index < -0.39 is 0 Å². The first-order valence-corrected chi connectivity index (χ1v) is 9.36. The first-order valence-electron chi connectivity index (χ1n) is 5.70. The lowest BCUT2D eigenvalue weighted by Gasteiger charge is -2.46. The summed E-state index contributed by atoms with van der Waals surface area (Å²) < 4.78 is 0.442. The average molecular weight is 496 g/mol. The number of alkyl halides is 4. The molecule has 0 amide bonds. The van der Waals surface area contributed by atoms with E-state index in [4.69, 9.17) is 0 Å². The summed E-state index contributed by atoms with van der Waals surface area (Å²) >= 11 is 14.8. The molecule has 0 atom stereocenters. The minimum absolute atomic E-state index is 0.142. The highest BCUT2D eigenvalue weighted by atomic mass is 79.9. The zero-order valence-corrected chi connectivity index (χ0v) is 17.5. The first kappa shape index (κ1) is 16.7. The largest absolute Gasteiger partial charge is 0.0915 e. The van der Waals surface area contributed by atoms with Crippen LogP contribution in [0, 0.1) is 16.2 Å². The van der Waals surface area contributed by atoms with Crippen LogP contribution in [-0.4, -0.2) is 7.47 Å². The van der Waals surface area contributed by atoms with Crippen molar-refractivity contribution in [3.63, 3.8) is 0 Å². The Labute approximate surface area is 139 Å². The Kier molecular flexibility index (Phi) is 4.81. The molecule has 0 fully saturated rings. The van der Waals surface area contributed by atoms with E-state index in [0.717, 1.165) is 0 Å². The van der Waals surface area contributed by atoms with Crippen molar-refractivity contribution >= 4 is 63.7 Å². The average Bonchev–Trinajstić information content (AvgIpc) is 2.20. The van der Waals surface area contributed by atoms with E-state index in [1.54, 1.807) is 0 Å². The van der Waals surface area contributed by atoms with E-state index in [1.165, 1.54) is 11.1 Å². The van der Waals surface area contributed by atoms with Gasteiger partial charge in [-0.25, -0.2) is 0 Å². The van der Waals surface area contributed by atoms with Crippen molar-refractivity contribution in [3.8, 4) is 0 Å². The topological polar surface area (TPSA) is 0 Å². The molecule has 0 aliphatic heterocycles. The summed E-state index contributed by atoms with van der Waals surface area (Å²) in [4.78, 5) is 0. The Hall–Kier alpha value is 1.66. The number of hydrogen-bond donors (Lipinski definition) is 0. The van der Waals surface area contributed by atoms with Crippen LogP contribution in [0.2, 0.25) is 0 Å². The molecule has 0 radical (unpaired) electrons. The molecule has 1 rings (SSSR count). The summed E-state index contributed by atoms with van der Waals surface area (Å²) in [6, 6.07) is 0. The highest BCUT2D eigenvalue weighted by Crippen LogP contribution is 2.68. The quantitative estimate of drug-likeness (QED) is 0.299. The lowest BCUT2D eigenvalue weighted by atomic mass is 9.58. The van der Waals surface area contributed by atoms with E-state index in [0.29, 0.717) is 0 Å². The molecule has 0 aromatic heterocycles. The van der Waals surface area contributed by atoms with Crippen LogP contribution in [0.3, 0.4) is 0 Å². The minimum Gasteiger partial charge on any atom is -0.0715 e. The van der Waals surface area contributed by atoms with Crippen LogP contribution in [0.5, 0.6) is 0 Å². The van der Waals surface area contributed by atoms with Crippen molar-refractivity contribution in [3.05, 3.63) is 11.1 Å². The fourth-order valence-electron chi connectivity index (χ4n) is 2.91. The van der Waals surface area contributed by atoms with Crippen LogP contribution >= 0.6 is 63.7 Å². The Morgan fingerprint density at radius 3 is 1.06 bits per heavy atom. The summed E-state index contributed by atoms with van der Waals surface area (Å²) in [5, 5.41) is 0. The van der Waals surface area contributed by atoms with Gasteiger partial charge in [0.25, 0.3) is 0 Å². The summed E-state index contributed by atoms with van der Waals surface area (Å²) in [6.45, 7) is 14.1. The molecule has 0 aromatic rings. The maximum atomic E-state index is 3.71. The van der Waals surface area contributed by atoms with Crippen LogP contribution < -0.4 is 0 Å². The Morgan fingerprint density at radius 1 is 0.647 bits per heavy atom. The van der Waals surface area contributed by atoms with Crippen LogP contribution in [-0.2, 0) is 0 Å². The third-order valence-corrected chi connectivity index (χ3v) is 7.03. The summed E-state index contributed by atoms with van der Waals surface area (Å²) in [5.74, 6) is 0. The van der Waals surface area contributed by atoms with Crippen LogP contribution in [0.4, 0.5) is 0 Å². The third-order valence-electron chi connectivity index (χ3n) is 5.20. The standard InChI is InChI=1S/C13H20Br4/c1-11(2)7(9(14)15)8(10(16)17)12(3,4)13(11,5)6/h9-10H,1-6H3. The second-order valence-corrected chi connectivity index (χ2v) is 12.4. The number of hydrogen-bond acceptors (Lipinski definition) is 0. The van der Waals surface area contributed by atoms with Crippen molar-refractivity contribution in [1.29, 1.82) is 0 Å². The van der Waals surface area contributed by atoms with Gasteiger partial charge in [0.1, 0.15) is 0 Å². The molecule has 1 aliphatic carbocycles. The van der Waals surface area contributed by atoms with Gasteiger partial charge in [-0.3, -0.25) is 0 Å². The molecule has 0 bridgehead atoms. The van der Waals surface area contributed by atoms with E-state index in [9.17, 15) is 0 Å². The fraction of sp³-hybridized carbons (Fsp3) is 0.846. The third kappa shape index (κ3) is 2.27. The van der Waals surface area contributed by atoms with Gasteiger partial charge in [0.2, 0.25) is 0 Å². The Morgan fingerprint density at radius 2 is 0.882 bits per heavy atom. The molecule has 0 saturated carbocycles. The molecule has 0 unspecified atom stereocenters. The molecule has 0 nitrogen and oxygen atoms in total. The molecule has 4 heteroatoms. The zero-order chi connectivity index (χ0) is 13.8. The molecule has 0 aromatic carbocycles. The van der Waals surface area contributed by atoms with Gasteiger partial charge in [0, 0.05) is 0 Å². The minimum atomic E-state index is 0.142. The van der Waals surface area contributed by atoms with Gasteiger partial charge in [-0.15, -0.1) is 0 Å². The molecule has 1 aliphatic rings. The van der Waals surface area contributed by atoms with Crippen LogP contribution in [0.1, 0.15) is 41.5 Å². The van der Waals surface area contributed by atoms with Gasteiger partial charge < -0.3 is 0 Å². The predicted molar refractivity (Wildman–Crippen MR) is 91.7 cm³/mol. The Bertz CT molecular complexity index is 316. The van der Waals surface area contributed by atoms with Crippen molar-refractivity contribution in [2.75, 3.05) is 0 Å². The SMILES string of the molecule is CC1(C)C(C(Br)Br)=C(C(Br)Br)C(C)(C)C1(C)C. The van der Waals surface area contributed by atoms with Crippen molar-refractivity contribution in [1.82, 2.24) is 0 Å². The van der Waals surface area contributed by atoms with Crippen molar-refractivity contribution in [2.45, 2.75) is 49.0 Å². The lowest BCUT2D eigenvalue weighted by molar-refractivity contribution is 0.0618. The highest BCUT2D eigenvalue weighted by molar-refractivity contribution is 9.25. The predicted octanol–water partition coefficient (Wildman–Crippen LogP) is 6.61. The fourth-order valence-corrected chi connectivity index (χ4v) is 6.18. The lowest BCUT2D eigenvalue weighted by Crippen LogP contribution is -2.40. The van der Waals surface area contributed by atoms with Crippen LogP contribution in [0.15, 0.2) is 11.1 Å². The number of halogens is 4. The molecular formula is C13H20Br4. The van der Waals surface area contributed by atoms with Crippen molar-refractivity contribution < 1.29 is 0 Å². The maximum absolute atomic E-state index is 3.71. The van der Waals surface area contributed by atoms with Gasteiger partial charge >= 0.3 is 0 Å². The van der Waals surface area contributed by atoms with Gasteiger partial charge in [0.15, 0.2) is 0 Å². The van der Waals surface area contributed by atoms with Gasteiger partial charge in [-0.1, -0.05) is 105 Å². The zero-order valence-electron chi connectivity index (χ0n) is 11.2. The van der Waals surface area contributed by atoms with E-state index >= 15 is 0 Å². The van der Waals surface area contributed by atoms with Crippen molar-refractivity contribution in [2.24, 2.45) is 16.2 Å². The molecule has 0 spiro atoms. The number of rotatable bonds is 2. The second-order valence-electron chi connectivity index (χ2n) is 6.30. The molecular weight excluding hydrogens is 476 g/mol.